The molecule has 3 aromatic rings. The Balaban J connectivity index is 1.47. The molecule has 0 fully saturated rings. The van der Waals surface area contributed by atoms with Crippen molar-refractivity contribution in [3.8, 4) is 0 Å². The van der Waals surface area contributed by atoms with Crippen LogP contribution in [-0.4, -0.2) is 43.3 Å². The lowest BCUT2D eigenvalue weighted by molar-refractivity contribution is -0.128. The van der Waals surface area contributed by atoms with Gasteiger partial charge in [-0.1, -0.05) is 42.5 Å². The first-order valence-electron chi connectivity index (χ1n) is 11.6. The molecule has 182 valence electrons. The maximum Gasteiger partial charge on any atom is 0.251 e. The summed E-state index contributed by atoms with van der Waals surface area (Å²) >= 11 is 0. The molecule has 0 radical (unpaired) electrons. The van der Waals surface area contributed by atoms with Gasteiger partial charge in [0.05, 0.1) is 12.6 Å². The maximum atomic E-state index is 12.5. The van der Waals surface area contributed by atoms with Gasteiger partial charge in [-0.25, -0.2) is 0 Å². The van der Waals surface area contributed by atoms with Gasteiger partial charge in [0.15, 0.2) is 0 Å². The molecule has 0 aliphatic rings. The highest BCUT2D eigenvalue weighted by Gasteiger charge is 2.11. The van der Waals surface area contributed by atoms with E-state index in [2.05, 4.69) is 16.0 Å². The molecular formula is C28H32N4O3. The third-order valence-corrected chi connectivity index (χ3v) is 5.58. The van der Waals surface area contributed by atoms with Crippen LogP contribution >= 0.6 is 0 Å². The first-order chi connectivity index (χ1) is 16.8. The lowest BCUT2D eigenvalue weighted by Gasteiger charge is -2.14. The van der Waals surface area contributed by atoms with Crippen molar-refractivity contribution in [2.45, 2.75) is 25.8 Å². The summed E-state index contributed by atoms with van der Waals surface area (Å²) in [7, 11) is 3.47. The van der Waals surface area contributed by atoms with Gasteiger partial charge in [-0.05, 0) is 60.9 Å². The van der Waals surface area contributed by atoms with E-state index >= 15 is 0 Å². The quantitative estimate of drug-likeness (QED) is 0.412. The number of carbonyl (C=O) groups is 3. The molecule has 3 N–H and O–H groups in total. The average molecular weight is 473 g/mol. The van der Waals surface area contributed by atoms with Crippen LogP contribution < -0.4 is 16.0 Å². The number of hydrogen-bond donors (Lipinski definition) is 3. The lowest BCUT2D eigenvalue weighted by Crippen LogP contribution is -2.26. The van der Waals surface area contributed by atoms with Gasteiger partial charge in [0, 0.05) is 37.5 Å². The Morgan fingerprint density at radius 1 is 0.857 bits per heavy atom. The number of carbonyl (C=O) groups excluding carboxylic acids is 3. The number of rotatable bonds is 10. The van der Waals surface area contributed by atoms with Crippen molar-refractivity contribution in [1.29, 1.82) is 0 Å². The van der Waals surface area contributed by atoms with Gasteiger partial charge < -0.3 is 20.9 Å². The van der Waals surface area contributed by atoms with Crippen LogP contribution in [0.5, 0.6) is 0 Å². The van der Waals surface area contributed by atoms with Crippen molar-refractivity contribution in [3.05, 3.63) is 95.6 Å². The molecule has 3 amide bonds. The molecular weight excluding hydrogens is 440 g/mol. The molecule has 0 bridgehead atoms. The molecule has 0 aliphatic carbocycles. The fourth-order valence-electron chi connectivity index (χ4n) is 3.51. The third-order valence-electron chi connectivity index (χ3n) is 5.58. The molecule has 0 saturated carbocycles. The van der Waals surface area contributed by atoms with Gasteiger partial charge in [0.2, 0.25) is 11.8 Å². The highest BCUT2D eigenvalue weighted by atomic mass is 16.2. The van der Waals surface area contributed by atoms with Gasteiger partial charge in [0.1, 0.15) is 0 Å². The predicted octanol–water partition coefficient (Wildman–Crippen LogP) is 4.25. The van der Waals surface area contributed by atoms with E-state index in [4.69, 9.17) is 0 Å². The van der Waals surface area contributed by atoms with Gasteiger partial charge in [-0.3, -0.25) is 14.4 Å². The van der Waals surface area contributed by atoms with E-state index in [1.54, 1.807) is 43.3 Å². The number of aryl methyl sites for hydroxylation is 1. The van der Waals surface area contributed by atoms with Crippen molar-refractivity contribution < 1.29 is 14.4 Å². The number of anilines is 2. The molecule has 1 unspecified atom stereocenters. The van der Waals surface area contributed by atoms with Gasteiger partial charge >= 0.3 is 0 Å². The van der Waals surface area contributed by atoms with Crippen LogP contribution in [-0.2, 0) is 16.0 Å². The Labute approximate surface area is 206 Å². The highest BCUT2D eigenvalue weighted by Crippen LogP contribution is 2.15. The number of nitrogens with one attached hydrogen (secondary N) is 3. The number of amides is 3. The molecule has 0 heterocycles. The zero-order chi connectivity index (χ0) is 25.2. The van der Waals surface area contributed by atoms with E-state index in [9.17, 15) is 14.4 Å². The first-order valence-corrected chi connectivity index (χ1v) is 11.6. The molecule has 3 aromatic carbocycles. The zero-order valence-corrected chi connectivity index (χ0v) is 20.4. The topological polar surface area (TPSA) is 90.5 Å². The number of nitrogens with zero attached hydrogens (tertiary/aromatic N) is 1. The Morgan fingerprint density at radius 2 is 1.57 bits per heavy atom. The summed E-state index contributed by atoms with van der Waals surface area (Å²) in [5, 5.41) is 8.93. The van der Waals surface area contributed by atoms with Crippen LogP contribution in [0.2, 0.25) is 0 Å². The minimum absolute atomic E-state index is 0.0674. The Hall–Kier alpha value is -4.13. The van der Waals surface area contributed by atoms with Crippen LogP contribution in [0.3, 0.4) is 0 Å². The van der Waals surface area contributed by atoms with Crippen LogP contribution in [0.25, 0.3) is 0 Å². The average Bonchev–Trinajstić information content (AvgIpc) is 2.87. The van der Waals surface area contributed by atoms with E-state index in [-0.39, 0.29) is 30.3 Å². The molecule has 7 heteroatoms. The van der Waals surface area contributed by atoms with E-state index in [0.29, 0.717) is 24.1 Å². The molecule has 3 rings (SSSR count). The van der Waals surface area contributed by atoms with E-state index in [1.165, 1.54) is 0 Å². The third kappa shape index (κ3) is 7.99. The summed E-state index contributed by atoms with van der Waals surface area (Å²) in [6, 6.07) is 24.2. The molecule has 0 saturated heterocycles. The van der Waals surface area contributed by atoms with Crippen molar-refractivity contribution >= 4 is 29.1 Å². The van der Waals surface area contributed by atoms with Gasteiger partial charge in [-0.2, -0.15) is 0 Å². The second-order valence-corrected chi connectivity index (χ2v) is 8.57. The largest absolute Gasteiger partial charge is 0.376 e. The molecule has 0 spiro atoms. The van der Waals surface area contributed by atoms with Crippen molar-refractivity contribution in [2.24, 2.45) is 0 Å². The Kier molecular flexibility index (Phi) is 9.01. The molecule has 7 nitrogen and oxygen atoms in total. The number of benzene rings is 3. The van der Waals surface area contributed by atoms with Crippen LogP contribution in [0, 0.1) is 0 Å². The first kappa shape index (κ1) is 25.5. The molecule has 35 heavy (non-hydrogen) atoms. The highest BCUT2D eigenvalue weighted by molar-refractivity contribution is 5.95. The van der Waals surface area contributed by atoms with E-state index in [1.807, 2.05) is 61.5 Å². The van der Waals surface area contributed by atoms with Crippen molar-refractivity contribution in [1.82, 2.24) is 10.2 Å². The number of hydrogen-bond acceptors (Lipinski definition) is 4. The van der Waals surface area contributed by atoms with Gasteiger partial charge in [0.25, 0.3) is 5.91 Å². The maximum absolute atomic E-state index is 12.5. The van der Waals surface area contributed by atoms with Crippen molar-refractivity contribution in [2.75, 3.05) is 31.3 Å². The van der Waals surface area contributed by atoms with Gasteiger partial charge in [-0.15, -0.1) is 0 Å². The van der Waals surface area contributed by atoms with Crippen LogP contribution in [0.4, 0.5) is 11.4 Å². The van der Waals surface area contributed by atoms with E-state index in [0.717, 1.165) is 16.8 Å². The fourth-order valence-corrected chi connectivity index (χ4v) is 3.51. The normalized spacial score (nSPS) is 11.3. The standard InChI is InChI=1S/C28H32N4O3/c1-20(22-9-5-4-6-10-22)30-28(35)23-13-15-24(16-14-23)29-19-26(33)31-25-11-7-8-21(18-25)12-17-27(34)32(2)3/h4-11,13-16,18,20,29H,12,17,19H2,1-3H3,(H,30,35)(H,31,33). The monoisotopic (exact) mass is 472 g/mol. The molecule has 0 aliphatic heterocycles. The fraction of sp³-hybridized carbons (Fsp3) is 0.250. The minimum atomic E-state index is -0.190. The Bertz CT molecular complexity index is 1140. The van der Waals surface area contributed by atoms with Crippen molar-refractivity contribution in [3.63, 3.8) is 0 Å². The summed E-state index contributed by atoms with van der Waals surface area (Å²) in [6.07, 6.45) is 1.04. The predicted molar refractivity (Wildman–Crippen MR) is 139 cm³/mol. The van der Waals surface area contributed by atoms with E-state index < -0.39 is 0 Å². The summed E-state index contributed by atoms with van der Waals surface area (Å²) in [5.74, 6) is -0.277. The zero-order valence-electron chi connectivity index (χ0n) is 20.4. The molecule has 0 aromatic heterocycles. The summed E-state index contributed by atoms with van der Waals surface area (Å²) in [4.78, 5) is 38.3. The second kappa shape index (κ2) is 12.4. The minimum Gasteiger partial charge on any atom is -0.376 e. The Morgan fingerprint density at radius 3 is 2.26 bits per heavy atom. The summed E-state index contributed by atoms with van der Waals surface area (Å²) in [5.41, 5.74) is 4.00. The van der Waals surface area contributed by atoms with Crippen LogP contribution in [0.15, 0.2) is 78.9 Å². The van der Waals surface area contributed by atoms with Crippen LogP contribution in [0.1, 0.15) is 40.9 Å². The summed E-state index contributed by atoms with van der Waals surface area (Å²) in [6.45, 7) is 2.03. The second-order valence-electron chi connectivity index (χ2n) is 8.57. The summed E-state index contributed by atoms with van der Waals surface area (Å²) < 4.78 is 0. The SMILES string of the molecule is CC(NC(=O)c1ccc(NCC(=O)Nc2cccc(CCC(=O)N(C)C)c2)cc1)c1ccccc1. The molecule has 1 atom stereocenters. The smallest absolute Gasteiger partial charge is 0.251 e. The lowest BCUT2D eigenvalue weighted by atomic mass is 10.1.